The second-order valence-electron chi connectivity index (χ2n) is 6.10. The largest absolute Gasteiger partial charge is 0.0990 e. The fourth-order valence-corrected chi connectivity index (χ4v) is 2.64. The molecule has 0 bridgehead atoms. The summed E-state index contributed by atoms with van der Waals surface area (Å²) in [5.41, 5.74) is 4.84. The molecular formula is C26H26. The van der Waals surface area contributed by atoms with Crippen LogP contribution in [0.3, 0.4) is 0 Å². The van der Waals surface area contributed by atoms with E-state index in [0.29, 0.717) is 0 Å². The molecular weight excluding hydrogens is 312 g/mol. The minimum Gasteiger partial charge on any atom is -0.0990 e. The molecule has 0 radical (unpaired) electrons. The molecule has 0 amide bonds. The average Bonchev–Trinajstić information content (AvgIpc) is 2.63. The number of aryl methyl sites for hydroxylation is 1. The molecule has 0 unspecified atom stereocenters. The van der Waals surface area contributed by atoms with Crippen LogP contribution in [0.1, 0.15) is 11.1 Å². The topological polar surface area (TPSA) is 0 Å². The van der Waals surface area contributed by atoms with Crippen molar-refractivity contribution in [1.82, 2.24) is 0 Å². The molecule has 0 heteroatoms. The van der Waals surface area contributed by atoms with Gasteiger partial charge in [0.1, 0.15) is 0 Å². The second kappa shape index (κ2) is 10.0. The van der Waals surface area contributed by atoms with Crippen LogP contribution in [0.4, 0.5) is 0 Å². The Hall–Kier alpha value is -3.12. The van der Waals surface area contributed by atoms with E-state index in [1.165, 1.54) is 16.7 Å². The van der Waals surface area contributed by atoms with Crippen molar-refractivity contribution in [3.8, 4) is 11.1 Å². The first-order chi connectivity index (χ1) is 12.6. The van der Waals surface area contributed by atoms with E-state index < -0.39 is 0 Å². The van der Waals surface area contributed by atoms with Crippen molar-refractivity contribution in [2.75, 3.05) is 0 Å². The lowest BCUT2D eigenvalue weighted by molar-refractivity contribution is 1.35. The fourth-order valence-electron chi connectivity index (χ4n) is 2.64. The first kappa shape index (κ1) is 19.2. The SMILES string of the molecule is C=C/C=c1/ccc(-c2cccccccccccc(C)c2C)cc1=C. The summed E-state index contributed by atoms with van der Waals surface area (Å²) in [6.45, 7) is 12.3. The lowest BCUT2D eigenvalue weighted by Crippen LogP contribution is -2.22. The van der Waals surface area contributed by atoms with E-state index in [2.05, 4.69) is 69.5 Å². The Morgan fingerprint density at radius 3 is 1.88 bits per heavy atom. The number of benzene rings is 1. The van der Waals surface area contributed by atoms with Crippen molar-refractivity contribution >= 4 is 12.7 Å². The molecule has 2 aromatic rings. The van der Waals surface area contributed by atoms with E-state index >= 15 is 0 Å². The maximum atomic E-state index is 4.18. The van der Waals surface area contributed by atoms with Gasteiger partial charge in [0.15, 0.2) is 0 Å². The van der Waals surface area contributed by atoms with Crippen molar-refractivity contribution in [2.45, 2.75) is 13.8 Å². The molecule has 26 heavy (non-hydrogen) atoms. The third-order valence-electron chi connectivity index (χ3n) is 4.24. The summed E-state index contributed by atoms with van der Waals surface area (Å²) in [7, 11) is 0. The smallest absolute Gasteiger partial charge is 0.0152 e. The molecule has 0 atom stereocenters. The van der Waals surface area contributed by atoms with Crippen LogP contribution < -0.4 is 10.4 Å². The van der Waals surface area contributed by atoms with Crippen molar-refractivity contribution in [3.63, 3.8) is 0 Å². The maximum absolute atomic E-state index is 4.18. The van der Waals surface area contributed by atoms with Gasteiger partial charge in [0.25, 0.3) is 0 Å². The van der Waals surface area contributed by atoms with Gasteiger partial charge in [-0.2, -0.15) is 0 Å². The summed E-state index contributed by atoms with van der Waals surface area (Å²) in [4.78, 5) is 0. The standard InChI is InChI=1S/C26H26/c1-5-15-24-18-19-25(20-22(24)3)26-17-14-12-10-8-6-7-9-11-13-16-21(2)23(26)4/h5-20H,1,3H2,2,4H3/b7-6?,8-6?,9-7?,10-8?,11-9?,12-10?,13-11?,14-12?,16-13?,17-14?,21-16?,23-21?,24-15-,26-17?,26-23?. The third-order valence-corrected chi connectivity index (χ3v) is 4.24. The zero-order chi connectivity index (χ0) is 18.8. The van der Waals surface area contributed by atoms with Crippen molar-refractivity contribution in [3.05, 3.63) is 119 Å². The first-order valence-corrected chi connectivity index (χ1v) is 8.78. The number of hydrogen-bond acceptors (Lipinski definition) is 0. The Morgan fingerprint density at radius 2 is 1.31 bits per heavy atom. The number of allylic oxidation sites excluding steroid dienone is 1. The molecule has 0 saturated carbocycles. The van der Waals surface area contributed by atoms with Gasteiger partial charge in [-0.05, 0) is 52.6 Å². The molecule has 0 heterocycles. The number of hydrogen-bond donors (Lipinski definition) is 0. The third kappa shape index (κ3) is 5.46. The lowest BCUT2D eigenvalue weighted by Gasteiger charge is -2.06. The summed E-state index contributed by atoms with van der Waals surface area (Å²) in [6, 6.07) is 29.0. The average molecular weight is 338 g/mol. The van der Waals surface area contributed by atoms with Crippen molar-refractivity contribution < 1.29 is 0 Å². The minimum atomic E-state index is 1.00. The molecule has 0 fully saturated rings. The Morgan fingerprint density at radius 1 is 0.731 bits per heavy atom. The fraction of sp³-hybridized carbons (Fsp3) is 0.0769. The summed E-state index contributed by atoms with van der Waals surface area (Å²) in [5.74, 6) is 0. The monoisotopic (exact) mass is 338 g/mol. The zero-order valence-electron chi connectivity index (χ0n) is 15.7. The molecule has 0 aliphatic carbocycles. The van der Waals surface area contributed by atoms with Crippen LogP contribution in [0.15, 0.2) is 97.6 Å². The van der Waals surface area contributed by atoms with Gasteiger partial charge in [-0.3, -0.25) is 0 Å². The van der Waals surface area contributed by atoms with Crippen LogP contribution in [-0.4, -0.2) is 0 Å². The van der Waals surface area contributed by atoms with Crippen LogP contribution in [-0.2, 0) is 0 Å². The van der Waals surface area contributed by atoms with Gasteiger partial charge in [-0.15, -0.1) is 0 Å². The molecule has 0 N–H and O–H groups in total. The van der Waals surface area contributed by atoms with E-state index in [0.717, 1.165) is 16.0 Å². The van der Waals surface area contributed by atoms with Crippen molar-refractivity contribution in [2.24, 2.45) is 0 Å². The van der Waals surface area contributed by atoms with E-state index in [9.17, 15) is 0 Å². The normalized spacial score (nSPS) is 10.5. The molecule has 0 aliphatic heterocycles. The van der Waals surface area contributed by atoms with E-state index in [1.807, 2.05) is 48.5 Å². The van der Waals surface area contributed by atoms with Gasteiger partial charge in [0.05, 0.1) is 0 Å². The van der Waals surface area contributed by atoms with Crippen LogP contribution in [0, 0.1) is 13.8 Å². The van der Waals surface area contributed by atoms with Gasteiger partial charge in [-0.25, -0.2) is 0 Å². The zero-order valence-corrected chi connectivity index (χ0v) is 15.7. The highest BCUT2D eigenvalue weighted by molar-refractivity contribution is 5.67. The summed E-state index contributed by atoms with van der Waals surface area (Å²) in [5, 5.41) is 2.10. The van der Waals surface area contributed by atoms with E-state index in [4.69, 9.17) is 0 Å². The predicted octanol–water partition coefficient (Wildman–Crippen LogP) is 5.60. The van der Waals surface area contributed by atoms with Gasteiger partial charge >= 0.3 is 0 Å². The molecule has 0 aliphatic rings. The second-order valence-corrected chi connectivity index (χ2v) is 6.10. The highest BCUT2D eigenvalue weighted by Gasteiger charge is 2.01. The Kier molecular flexibility index (Phi) is 7.39. The first-order valence-electron chi connectivity index (χ1n) is 8.78. The molecule has 2 rings (SSSR count). The van der Waals surface area contributed by atoms with Gasteiger partial charge in [-0.1, -0.05) is 104 Å². The van der Waals surface area contributed by atoms with Crippen LogP contribution in [0.25, 0.3) is 23.8 Å². The number of rotatable bonds is 2. The van der Waals surface area contributed by atoms with Gasteiger partial charge < -0.3 is 0 Å². The molecule has 0 spiro atoms. The Bertz CT molecular complexity index is 994. The Labute approximate surface area is 157 Å². The Balaban J connectivity index is 2.77. The minimum absolute atomic E-state index is 1.00. The molecule has 130 valence electrons. The van der Waals surface area contributed by atoms with Gasteiger partial charge in [0, 0.05) is 0 Å². The van der Waals surface area contributed by atoms with E-state index in [1.54, 1.807) is 6.08 Å². The highest BCUT2D eigenvalue weighted by atomic mass is 14.1. The highest BCUT2D eigenvalue weighted by Crippen LogP contribution is 2.21. The van der Waals surface area contributed by atoms with Crippen LogP contribution in [0.5, 0.6) is 0 Å². The molecule has 0 saturated heterocycles. The summed E-state index contributed by atoms with van der Waals surface area (Å²) < 4.78 is 0. The summed E-state index contributed by atoms with van der Waals surface area (Å²) in [6.07, 6.45) is 3.77. The molecule has 0 nitrogen and oxygen atoms in total. The maximum Gasteiger partial charge on any atom is -0.0152 e. The van der Waals surface area contributed by atoms with Gasteiger partial charge in [0.2, 0.25) is 0 Å². The van der Waals surface area contributed by atoms with Crippen LogP contribution in [0.2, 0.25) is 0 Å². The predicted molar refractivity (Wildman–Crippen MR) is 116 cm³/mol. The van der Waals surface area contributed by atoms with Crippen LogP contribution >= 0.6 is 0 Å². The molecule has 2 aromatic carbocycles. The lowest BCUT2D eigenvalue weighted by atomic mass is 9.98. The summed E-state index contributed by atoms with van der Waals surface area (Å²) >= 11 is 0. The quantitative estimate of drug-likeness (QED) is 0.669. The van der Waals surface area contributed by atoms with Crippen molar-refractivity contribution in [1.29, 1.82) is 0 Å². The van der Waals surface area contributed by atoms with E-state index in [-0.39, 0.29) is 0 Å². The molecule has 0 aromatic heterocycles.